The van der Waals surface area contributed by atoms with Gasteiger partial charge in [-0.2, -0.15) is 8.97 Å². The number of aromatic hydroxyl groups is 1. The van der Waals surface area contributed by atoms with Crippen LogP contribution in [0.25, 0.3) is 16.8 Å². The summed E-state index contributed by atoms with van der Waals surface area (Å²) in [6.45, 7) is 2.32. The number of allylic oxidation sites excluding steroid dienone is 1. The van der Waals surface area contributed by atoms with Crippen LogP contribution < -0.4 is 15.4 Å². The van der Waals surface area contributed by atoms with Crippen LogP contribution in [-0.2, 0) is 6.54 Å². The predicted molar refractivity (Wildman–Crippen MR) is 112 cm³/mol. The average Bonchev–Trinajstić information content (AvgIpc) is 3.04. The van der Waals surface area contributed by atoms with Crippen molar-refractivity contribution >= 4 is 44.9 Å². The molecule has 0 saturated heterocycles. The summed E-state index contributed by atoms with van der Waals surface area (Å²) in [7, 11) is 0. The third-order valence-electron chi connectivity index (χ3n) is 4.39. The number of rotatable bonds is 3. The fraction of sp³-hybridized carbons (Fsp3) is 0.158. The van der Waals surface area contributed by atoms with Crippen LogP contribution in [0.3, 0.4) is 0 Å². The van der Waals surface area contributed by atoms with Crippen LogP contribution in [0.15, 0.2) is 63.0 Å². The summed E-state index contributed by atoms with van der Waals surface area (Å²) in [6.07, 6.45) is 3.56. The first-order chi connectivity index (χ1) is 13.0. The van der Waals surface area contributed by atoms with E-state index in [1.165, 1.54) is 11.8 Å². The van der Waals surface area contributed by atoms with Gasteiger partial charge in [0.25, 0.3) is 11.5 Å². The van der Waals surface area contributed by atoms with E-state index in [4.69, 9.17) is 11.6 Å². The molecule has 1 unspecified atom stereocenters. The van der Waals surface area contributed by atoms with Crippen LogP contribution in [0.2, 0.25) is 0 Å². The van der Waals surface area contributed by atoms with E-state index in [0.717, 1.165) is 14.9 Å². The second-order valence-electron chi connectivity index (χ2n) is 6.20. The van der Waals surface area contributed by atoms with Gasteiger partial charge >= 0.3 is 5.56 Å². The molecule has 5 nitrogen and oxygen atoms in total. The molecule has 3 aromatic rings. The van der Waals surface area contributed by atoms with Crippen molar-refractivity contribution in [1.82, 2.24) is 9.72 Å². The Labute approximate surface area is 173 Å². The zero-order valence-electron chi connectivity index (χ0n) is 14.3. The summed E-state index contributed by atoms with van der Waals surface area (Å²) in [5, 5.41) is 14.1. The van der Waals surface area contributed by atoms with Gasteiger partial charge in [-0.1, -0.05) is 51.4 Å². The Balaban J connectivity index is 2.01. The predicted octanol–water partition coefficient (Wildman–Crippen LogP) is 3.73. The third kappa shape index (κ3) is 3.35. The Morgan fingerprint density at radius 2 is 2.19 bits per heavy atom. The van der Waals surface area contributed by atoms with Gasteiger partial charge < -0.3 is 10.4 Å². The normalized spacial score (nSPS) is 16.4. The molecule has 2 N–H and O–H groups in total. The molecular formula is C19H16BrClN3O2S+. The van der Waals surface area contributed by atoms with Crippen LogP contribution in [0.4, 0.5) is 0 Å². The largest absolute Gasteiger partial charge is 0.477 e. The van der Waals surface area contributed by atoms with E-state index in [1.54, 1.807) is 15.2 Å². The SMILES string of the molecule is Cc1cccn2c(=O)c(-c3cccc(Br)c3)c(O)[n+](CC3=CNC(Cl)S3)c12. The second-order valence-corrected chi connectivity index (χ2v) is 9.04. The van der Waals surface area contributed by atoms with Crippen molar-refractivity contribution in [1.29, 1.82) is 0 Å². The number of aromatic nitrogens is 2. The van der Waals surface area contributed by atoms with Crippen molar-refractivity contribution in [3.05, 3.63) is 74.1 Å². The molecule has 0 bridgehead atoms. The van der Waals surface area contributed by atoms with Crippen LogP contribution in [0.1, 0.15) is 5.56 Å². The zero-order chi connectivity index (χ0) is 19.1. The van der Waals surface area contributed by atoms with Crippen LogP contribution >= 0.6 is 39.3 Å². The molecule has 0 fully saturated rings. The molecule has 0 spiro atoms. The Morgan fingerprint density at radius 1 is 1.37 bits per heavy atom. The van der Waals surface area contributed by atoms with E-state index >= 15 is 0 Å². The first-order valence-corrected chi connectivity index (χ1v) is 10.3. The molecule has 1 atom stereocenters. The maximum Gasteiger partial charge on any atom is 0.354 e. The number of hydrogen-bond donors (Lipinski definition) is 2. The van der Waals surface area contributed by atoms with Gasteiger partial charge in [0, 0.05) is 21.1 Å². The quantitative estimate of drug-likeness (QED) is 0.352. The Hall–Kier alpha value is -1.96. The summed E-state index contributed by atoms with van der Waals surface area (Å²) < 4.78 is 4.17. The molecule has 0 saturated carbocycles. The molecule has 3 heterocycles. The molecular weight excluding hydrogens is 450 g/mol. The second kappa shape index (κ2) is 7.22. The van der Waals surface area contributed by atoms with Gasteiger partial charge in [-0.25, -0.2) is 4.79 Å². The number of pyridine rings is 1. The fourth-order valence-electron chi connectivity index (χ4n) is 3.21. The van der Waals surface area contributed by atoms with Gasteiger partial charge in [-0.15, -0.1) is 0 Å². The molecule has 1 aliphatic rings. The molecule has 0 radical (unpaired) electrons. The summed E-state index contributed by atoms with van der Waals surface area (Å²) in [5.41, 5.74) is 2.20. The minimum atomic E-state index is -0.262. The third-order valence-corrected chi connectivity index (χ3v) is 6.17. The number of halogens is 2. The number of fused-ring (bicyclic) bond motifs is 1. The number of thioether (sulfide) groups is 1. The van der Waals surface area contributed by atoms with Gasteiger partial charge in [0.05, 0.1) is 6.20 Å². The molecule has 4 rings (SSSR count). The molecule has 1 aliphatic heterocycles. The van der Waals surface area contributed by atoms with Gasteiger partial charge in [0.15, 0.2) is 10.4 Å². The highest BCUT2D eigenvalue weighted by atomic mass is 79.9. The van der Waals surface area contributed by atoms with E-state index in [0.29, 0.717) is 17.8 Å². The lowest BCUT2D eigenvalue weighted by Crippen LogP contribution is -2.42. The first-order valence-electron chi connectivity index (χ1n) is 8.24. The molecule has 27 heavy (non-hydrogen) atoms. The van der Waals surface area contributed by atoms with Crippen molar-refractivity contribution < 1.29 is 9.67 Å². The molecule has 0 aliphatic carbocycles. The van der Waals surface area contributed by atoms with Gasteiger partial charge in [0.1, 0.15) is 6.54 Å². The molecule has 2 aromatic heterocycles. The standard InChI is InChI=1S/C19H15BrClN3O2S/c1-11-4-3-7-23-16(11)24(10-14-9-22-19(21)27-14)18(26)15(17(23)25)12-5-2-6-13(20)8-12/h2-9,19,22H,10H2,1H3/p+1. The number of aryl methyl sites for hydroxylation is 1. The summed E-state index contributed by atoms with van der Waals surface area (Å²) in [6, 6.07) is 11.1. The highest BCUT2D eigenvalue weighted by molar-refractivity contribution is 9.10. The maximum atomic E-state index is 13.2. The van der Waals surface area contributed by atoms with Crippen molar-refractivity contribution in [2.24, 2.45) is 0 Å². The lowest BCUT2D eigenvalue weighted by Gasteiger charge is -2.12. The fourth-order valence-corrected chi connectivity index (χ4v) is 4.76. The smallest absolute Gasteiger partial charge is 0.354 e. The molecule has 1 aromatic carbocycles. The van der Waals surface area contributed by atoms with E-state index in [1.807, 2.05) is 49.5 Å². The number of nitrogens with one attached hydrogen (secondary N) is 1. The Kier molecular flexibility index (Phi) is 4.92. The van der Waals surface area contributed by atoms with Crippen LogP contribution in [-0.4, -0.2) is 14.3 Å². The van der Waals surface area contributed by atoms with Gasteiger partial charge in [-0.3, -0.25) is 0 Å². The van der Waals surface area contributed by atoms with E-state index in [2.05, 4.69) is 21.2 Å². The van der Waals surface area contributed by atoms with Crippen LogP contribution in [0, 0.1) is 6.92 Å². The highest BCUT2D eigenvalue weighted by Gasteiger charge is 2.28. The highest BCUT2D eigenvalue weighted by Crippen LogP contribution is 2.30. The summed E-state index contributed by atoms with van der Waals surface area (Å²) >= 11 is 11.0. The molecule has 138 valence electrons. The summed E-state index contributed by atoms with van der Waals surface area (Å²) in [5.74, 6) is -0.0630. The number of nitrogens with zero attached hydrogens (tertiary/aromatic N) is 2. The van der Waals surface area contributed by atoms with Crippen molar-refractivity contribution in [2.45, 2.75) is 18.3 Å². The average molecular weight is 466 g/mol. The zero-order valence-corrected chi connectivity index (χ0v) is 17.5. The molecule has 8 heteroatoms. The topological polar surface area (TPSA) is 57.6 Å². The Morgan fingerprint density at radius 3 is 2.89 bits per heavy atom. The minimum absolute atomic E-state index is 0.0630. The van der Waals surface area contributed by atoms with Crippen molar-refractivity contribution in [3.63, 3.8) is 0 Å². The summed E-state index contributed by atoms with van der Waals surface area (Å²) in [4.78, 5) is 13.9. The van der Waals surface area contributed by atoms with Crippen molar-refractivity contribution in [2.75, 3.05) is 0 Å². The van der Waals surface area contributed by atoms with E-state index < -0.39 is 0 Å². The number of hydrogen-bond acceptors (Lipinski definition) is 4. The Bertz CT molecular complexity index is 1150. The van der Waals surface area contributed by atoms with E-state index in [9.17, 15) is 9.90 Å². The lowest BCUT2D eigenvalue weighted by molar-refractivity contribution is -0.671. The maximum absolute atomic E-state index is 13.2. The number of benzene rings is 1. The lowest BCUT2D eigenvalue weighted by atomic mass is 10.1. The monoisotopic (exact) mass is 464 g/mol. The number of alkyl halides is 1. The van der Waals surface area contributed by atoms with Gasteiger partial charge in [-0.05, 0) is 36.8 Å². The van der Waals surface area contributed by atoms with Crippen molar-refractivity contribution in [3.8, 4) is 17.0 Å². The first kappa shape index (κ1) is 18.4. The molecule has 0 amide bonds. The van der Waals surface area contributed by atoms with E-state index in [-0.39, 0.29) is 21.8 Å². The minimum Gasteiger partial charge on any atom is -0.477 e. The van der Waals surface area contributed by atoms with Gasteiger partial charge in [0.2, 0.25) is 0 Å². The van der Waals surface area contributed by atoms with Crippen LogP contribution in [0.5, 0.6) is 5.88 Å².